The normalized spacial score (nSPS) is 10.8. The number of fused-ring (bicyclic) bond motifs is 1. The molecule has 0 aliphatic rings. The molecule has 1 aromatic carbocycles. The van der Waals surface area contributed by atoms with E-state index in [0.717, 1.165) is 5.69 Å². The van der Waals surface area contributed by atoms with Crippen LogP contribution in [0.3, 0.4) is 0 Å². The number of aromatic nitrogens is 5. The van der Waals surface area contributed by atoms with Crippen LogP contribution in [0.4, 0.5) is 0 Å². The zero-order valence-electron chi connectivity index (χ0n) is 13.2. The third kappa shape index (κ3) is 3.30. The van der Waals surface area contributed by atoms with Crippen molar-refractivity contribution in [1.29, 1.82) is 0 Å². The van der Waals surface area contributed by atoms with Crippen molar-refractivity contribution < 1.29 is 14.3 Å². The van der Waals surface area contributed by atoms with Crippen LogP contribution in [0, 0.1) is 0 Å². The van der Waals surface area contributed by atoms with E-state index in [2.05, 4.69) is 20.3 Å². The van der Waals surface area contributed by atoms with E-state index < -0.39 is 0 Å². The smallest absolute Gasteiger partial charge is 0.316 e. The molecule has 0 unspecified atom stereocenters. The standard InChI is InChI=1S/C15H15N5O3S/c1-3-23-12(21)8-24-15-13-14(16-9-17-15)20(19-18-13)10-5-4-6-11(7-10)22-2/h4-7,9H,3,8H2,1-2H3. The summed E-state index contributed by atoms with van der Waals surface area (Å²) < 4.78 is 11.7. The molecule has 2 aromatic heterocycles. The average Bonchev–Trinajstić information content (AvgIpc) is 3.05. The fourth-order valence-corrected chi connectivity index (χ4v) is 2.81. The van der Waals surface area contributed by atoms with E-state index >= 15 is 0 Å². The zero-order chi connectivity index (χ0) is 16.9. The van der Waals surface area contributed by atoms with Crippen molar-refractivity contribution in [3.8, 4) is 11.4 Å². The van der Waals surface area contributed by atoms with Gasteiger partial charge in [0.05, 0.1) is 25.2 Å². The van der Waals surface area contributed by atoms with Crippen LogP contribution in [0.5, 0.6) is 5.75 Å². The first-order valence-electron chi connectivity index (χ1n) is 7.22. The molecule has 0 fully saturated rings. The lowest BCUT2D eigenvalue weighted by Gasteiger charge is -2.05. The number of carbonyl (C=O) groups is 1. The van der Waals surface area contributed by atoms with Crippen LogP contribution in [-0.4, -0.2) is 50.4 Å². The molecule has 8 nitrogen and oxygen atoms in total. The molecule has 0 amide bonds. The SMILES string of the molecule is CCOC(=O)CSc1ncnc2c1nnn2-c1cccc(OC)c1. The van der Waals surface area contributed by atoms with Crippen LogP contribution in [0.25, 0.3) is 16.9 Å². The van der Waals surface area contributed by atoms with Crippen molar-refractivity contribution in [3.63, 3.8) is 0 Å². The minimum absolute atomic E-state index is 0.159. The zero-order valence-corrected chi connectivity index (χ0v) is 14.0. The van der Waals surface area contributed by atoms with Gasteiger partial charge in [-0.2, -0.15) is 4.68 Å². The fourth-order valence-electron chi connectivity index (χ4n) is 2.08. The summed E-state index contributed by atoms with van der Waals surface area (Å²) >= 11 is 1.25. The molecule has 2 heterocycles. The van der Waals surface area contributed by atoms with E-state index in [-0.39, 0.29) is 11.7 Å². The Morgan fingerprint density at radius 1 is 1.33 bits per heavy atom. The highest BCUT2D eigenvalue weighted by Gasteiger charge is 2.15. The molecular formula is C15H15N5O3S. The predicted octanol–water partition coefficient (Wildman–Crippen LogP) is 1.87. The van der Waals surface area contributed by atoms with E-state index in [1.807, 2.05) is 24.3 Å². The summed E-state index contributed by atoms with van der Waals surface area (Å²) in [5, 5.41) is 8.88. The molecule has 0 saturated heterocycles. The maximum atomic E-state index is 11.5. The lowest BCUT2D eigenvalue weighted by atomic mass is 10.3. The van der Waals surface area contributed by atoms with E-state index in [9.17, 15) is 4.79 Å². The number of nitrogens with zero attached hydrogens (tertiary/aromatic N) is 5. The van der Waals surface area contributed by atoms with Gasteiger partial charge in [0.2, 0.25) is 0 Å². The van der Waals surface area contributed by atoms with E-state index in [4.69, 9.17) is 9.47 Å². The molecule has 3 aromatic rings. The van der Waals surface area contributed by atoms with Gasteiger partial charge in [-0.1, -0.05) is 23.0 Å². The Bertz CT molecular complexity index is 867. The molecule has 9 heteroatoms. The number of hydrogen-bond acceptors (Lipinski definition) is 8. The van der Waals surface area contributed by atoms with E-state index in [1.54, 1.807) is 18.7 Å². The number of hydrogen-bond donors (Lipinski definition) is 0. The van der Waals surface area contributed by atoms with Gasteiger partial charge in [-0.3, -0.25) is 4.79 Å². The molecule has 0 spiro atoms. The molecule has 0 saturated carbocycles. The van der Waals surface area contributed by atoms with Crippen molar-refractivity contribution in [3.05, 3.63) is 30.6 Å². The second-order valence-corrected chi connectivity index (χ2v) is 5.61. The number of ether oxygens (including phenoxy) is 2. The van der Waals surface area contributed by atoms with Crippen LogP contribution in [0.1, 0.15) is 6.92 Å². The summed E-state index contributed by atoms with van der Waals surface area (Å²) in [6.45, 7) is 2.12. The van der Waals surface area contributed by atoms with Crippen molar-refractivity contribution in [2.45, 2.75) is 11.9 Å². The Morgan fingerprint density at radius 2 is 2.21 bits per heavy atom. The van der Waals surface area contributed by atoms with Gasteiger partial charge < -0.3 is 9.47 Å². The lowest BCUT2D eigenvalue weighted by Crippen LogP contribution is -2.06. The highest BCUT2D eigenvalue weighted by Crippen LogP contribution is 2.25. The number of rotatable bonds is 6. The van der Waals surface area contributed by atoms with Crippen LogP contribution in [0.2, 0.25) is 0 Å². The maximum absolute atomic E-state index is 11.5. The Labute approximate surface area is 142 Å². The molecular weight excluding hydrogens is 330 g/mol. The first-order chi connectivity index (χ1) is 11.7. The quantitative estimate of drug-likeness (QED) is 0.380. The summed E-state index contributed by atoms with van der Waals surface area (Å²) in [6, 6.07) is 7.42. The van der Waals surface area contributed by atoms with Gasteiger partial charge in [-0.05, 0) is 19.1 Å². The number of benzene rings is 1. The second kappa shape index (κ2) is 7.26. The molecule has 0 aliphatic heterocycles. The molecule has 0 atom stereocenters. The van der Waals surface area contributed by atoms with Crippen molar-refractivity contribution in [2.75, 3.05) is 19.5 Å². The minimum Gasteiger partial charge on any atom is -0.497 e. The third-order valence-electron chi connectivity index (χ3n) is 3.13. The summed E-state index contributed by atoms with van der Waals surface area (Å²) in [5.74, 6) is 0.572. The molecule has 124 valence electrons. The van der Waals surface area contributed by atoms with Crippen molar-refractivity contribution in [1.82, 2.24) is 25.0 Å². The van der Waals surface area contributed by atoms with E-state index in [1.165, 1.54) is 18.1 Å². The number of methoxy groups -OCH3 is 1. The largest absolute Gasteiger partial charge is 0.497 e. The Kier molecular flexibility index (Phi) is 4.90. The molecule has 0 bridgehead atoms. The van der Waals surface area contributed by atoms with Gasteiger partial charge in [0.1, 0.15) is 17.1 Å². The van der Waals surface area contributed by atoms with Gasteiger partial charge in [0.25, 0.3) is 0 Å². The monoisotopic (exact) mass is 345 g/mol. The summed E-state index contributed by atoms with van der Waals surface area (Å²) in [6.07, 6.45) is 1.43. The van der Waals surface area contributed by atoms with Crippen molar-refractivity contribution in [2.24, 2.45) is 0 Å². The van der Waals surface area contributed by atoms with Crippen LogP contribution < -0.4 is 4.74 Å². The molecule has 0 radical (unpaired) electrons. The molecule has 24 heavy (non-hydrogen) atoms. The minimum atomic E-state index is -0.297. The van der Waals surface area contributed by atoms with Gasteiger partial charge in [0, 0.05) is 6.07 Å². The maximum Gasteiger partial charge on any atom is 0.316 e. The van der Waals surface area contributed by atoms with Gasteiger partial charge in [-0.15, -0.1) is 5.10 Å². The Hall–Kier alpha value is -2.68. The van der Waals surface area contributed by atoms with Crippen LogP contribution in [-0.2, 0) is 9.53 Å². The van der Waals surface area contributed by atoms with Crippen molar-refractivity contribution >= 4 is 28.9 Å². The first kappa shape index (κ1) is 16.2. The lowest BCUT2D eigenvalue weighted by molar-refractivity contribution is -0.139. The van der Waals surface area contributed by atoms with Gasteiger partial charge >= 0.3 is 5.97 Å². The van der Waals surface area contributed by atoms with Gasteiger partial charge in [-0.25, -0.2) is 9.97 Å². The second-order valence-electron chi connectivity index (χ2n) is 4.65. The number of esters is 1. The van der Waals surface area contributed by atoms with Crippen LogP contribution in [0.15, 0.2) is 35.6 Å². The fraction of sp³-hybridized carbons (Fsp3) is 0.267. The topological polar surface area (TPSA) is 92.0 Å². The van der Waals surface area contributed by atoms with E-state index in [0.29, 0.717) is 28.5 Å². The average molecular weight is 345 g/mol. The van der Waals surface area contributed by atoms with Gasteiger partial charge in [0.15, 0.2) is 11.2 Å². The summed E-state index contributed by atoms with van der Waals surface area (Å²) in [4.78, 5) is 19.9. The molecule has 0 N–H and O–H groups in total. The predicted molar refractivity (Wildman–Crippen MR) is 88.4 cm³/mol. The molecule has 3 rings (SSSR count). The Morgan fingerprint density at radius 3 is 3.00 bits per heavy atom. The third-order valence-corrected chi connectivity index (χ3v) is 4.09. The number of carbonyl (C=O) groups excluding carboxylic acids is 1. The molecule has 0 aliphatic carbocycles. The highest BCUT2D eigenvalue weighted by molar-refractivity contribution is 8.00. The number of thioether (sulfide) groups is 1. The van der Waals surface area contributed by atoms with Crippen LogP contribution >= 0.6 is 11.8 Å². The summed E-state index contributed by atoms with van der Waals surface area (Å²) in [5.41, 5.74) is 1.87. The highest BCUT2D eigenvalue weighted by atomic mass is 32.2. The Balaban J connectivity index is 1.92. The summed E-state index contributed by atoms with van der Waals surface area (Å²) in [7, 11) is 1.60. The first-order valence-corrected chi connectivity index (χ1v) is 8.20.